The first-order chi connectivity index (χ1) is 9.36. The highest BCUT2D eigenvalue weighted by molar-refractivity contribution is 14.1. The Bertz CT molecular complexity index is 633. The molecule has 8 heteroatoms. The van der Waals surface area contributed by atoms with Crippen LogP contribution in [0.4, 0.5) is 5.69 Å². The maximum absolute atomic E-state index is 11.0. The summed E-state index contributed by atoms with van der Waals surface area (Å²) in [5.41, 5.74) is -0.0863. The number of hydrogen-bond acceptors (Lipinski definition) is 5. The fourth-order valence-electron chi connectivity index (χ4n) is 1.26. The van der Waals surface area contributed by atoms with Gasteiger partial charge in [0.2, 0.25) is 5.75 Å². The smallest absolute Gasteiger partial charge is 0.331 e. The van der Waals surface area contributed by atoms with Crippen molar-refractivity contribution >= 4 is 34.2 Å². The van der Waals surface area contributed by atoms with Crippen LogP contribution < -0.4 is 4.74 Å². The van der Waals surface area contributed by atoms with Gasteiger partial charge in [0.15, 0.2) is 0 Å². The summed E-state index contributed by atoms with van der Waals surface area (Å²) in [6.07, 6.45) is 1.31. The number of carbonyl (C=O) groups is 1. The number of nitro groups is 1. The molecule has 7 nitrogen and oxygen atoms in total. The molecule has 1 rings (SSSR count). The normalized spacial score (nSPS) is 10.8. The third-order valence-electron chi connectivity index (χ3n) is 2.30. The first-order valence-corrected chi connectivity index (χ1v) is 6.35. The molecule has 0 fully saturated rings. The predicted octanol–water partition coefficient (Wildman–Crippen LogP) is 2.48. The van der Waals surface area contributed by atoms with E-state index in [0.29, 0.717) is 3.57 Å². The van der Waals surface area contributed by atoms with Gasteiger partial charge in [-0.25, -0.2) is 4.79 Å². The van der Waals surface area contributed by atoms with E-state index in [-0.39, 0.29) is 29.2 Å². The van der Waals surface area contributed by atoms with Gasteiger partial charge in [-0.3, -0.25) is 10.1 Å². The van der Waals surface area contributed by atoms with Crippen LogP contribution in [0.2, 0.25) is 0 Å². The Labute approximate surface area is 127 Å². The van der Waals surface area contributed by atoms with Crippen LogP contribution in [0.3, 0.4) is 0 Å². The lowest BCUT2D eigenvalue weighted by molar-refractivity contribution is -0.385. The largest absolute Gasteiger partial charge is 0.482 e. The molecule has 104 valence electrons. The zero-order chi connectivity index (χ0) is 15.3. The monoisotopic (exact) mass is 388 g/mol. The number of carboxylic acids is 1. The van der Waals surface area contributed by atoms with E-state index in [2.05, 4.69) is 0 Å². The molecule has 0 spiro atoms. The number of hydrogen-bond donors (Lipinski definition) is 1. The first kappa shape index (κ1) is 15.9. The maximum Gasteiger partial charge on any atom is 0.331 e. The molecule has 0 amide bonds. The molecule has 0 unspecified atom stereocenters. The summed E-state index contributed by atoms with van der Waals surface area (Å²) in [6, 6.07) is 4.40. The molecule has 0 saturated carbocycles. The summed E-state index contributed by atoms with van der Waals surface area (Å²) in [5, 5.41) is 28.4. The Morgan fingerprint density at radius 3 is 2.80 bits per heavy atom. The third-order valence-corrected chi connectivity index (χ3v) is 3.11. The summed E-state index contributed by atoms with van der Waals surface area (Å²) >= 11 is 1.82. The second-order valence-electron chi connectivity index (χ2n) is 3.68. The SMILES string of the molecule is CC(=CCOc1c(I)cc(C#N)cc1[N+](=O)[O-])C(=O)O. The maximum atomic E-state index is 11.0. The first-order valence-electron chi connectivity index (χ1n) is 5.27. The van der Waals surface area contributed by atoms with Gasteiger partial charge in [-0.05, 0) is 41.7 Å². The fraction of sp³-hybridized carbons (Fsp3) is 0.167. The average molecular weight is 388 g/mol. The molecule has 20 heavy (non-hydrogen) atoms. The van der Waals surface area contributed by atoms with E-state index in [1.165, 1.54) is 19.1 Å². The summed E-state index contributed by atoms with van der Waals surface area (Å²) in [6.45, 7) is 1.28. The van der Waals surface area contributed by atoms with Gasteiger partial charge in [-0.15, -0.1) is 0 Å². The van der Waals surface area contributed by atoms with Gasteiger partial charge in [-0.2, -0.15) is 5.26 Å². The lowest BCUT2D eigenvalue weighted by atomic mass is 10.2. The van der Waals surface area contributed by atoms with Gasteiger partial charge in [0.25, 0.3) is 0 Å². The fourth-order valence-corrected chi connectivity index (χ4v) is 2.03. The molecule has 0 aromatic heterocycles. The highest BCUT2D eigenvalue weighted by atomic mass is 127. The van der Waals surface area contributed by atoms with Gasteiger partial charge >= 0.3 is 11.7 Å². The molecule has 1 aromatic carbocycles. The third kappa shape index (κ3) is 3.92. The van der Waals surface area contributed by atoms with Crippen molar-refractivity contribution in [1.82, 2.24) is 0 Å². The molecule has 0 aliphatic heterocycles. The van der Waals surface area contributed by atoms with Crippen LogP contribution in [0.1, 0.15) is 12.5 Å². The molecular formula is C12H9IN2O5. The van der Waals surface area contributed by atoms with Crippen molar-refractivity contribution in [2.75, 3.05) is 6.61 Å². The zero-order valence-corrected chi connectivity index (χ0v) is 12.4. The number of aliphatic carboxylic acids is 1. The lowest BCUT2D eigenvalue weighted by Crippen LogP contribution is -2.04. The van der Waals surface area contributed by atoms with Crippen molar-refractivity contribution in [3.05, 3.63) is 43.0 Å². The van der Waals surface area contributed by atoms with E-state index in [1.807, 2.05) is 28.7 Å². The van der Waals surface area contributed by atoms with Gasteiger partial charge in [0.05, 0.1) is 20.1 Å². The molecule has 0 atom stereocenters. The van der Waals surface area contributed by atoms with Crippen LogP contribution >= 0.6 is 22.6 Å². The standard InChI is InChI=1S/C12H9IN2O5/c1-7(12(16)17)2-3-20-11-9(13)4-8(6-14)5-10(11)15(18)19/h2,4-5H,3H2,1H3,(H,16,17). The van der Waals surface area contributed by atoms with Crippen molar-refractivity contribution in [3.8, 4) is 11.8 Å². The molecule has 0 bridgehead atoms. The van der Waals surface area contributed by atoms with E-state index in [1.54, 1.807) is 0 Å². The minimum absolute atomic E-state index is 0.0176. The highest BCUT2D eigenvalue weighted by Gasteiger charge is 2.20. The van der Waals surface area contributed by atoms with Crippen LogP contribution in [0.15, 0.2) is 23.8 Å². The summed E-state index contributed by atoms with van der Waals surface area (Å²) in [4.78, 5) is 20.9. The number of nitrogens with zero attached hydrogens (tertiary/aromatic N) is 2. The van der Waals surface area contributed by atoms with Crippen LogP contribution in [0.5, 0.6) is 5.75 Å². The van der Waals surface area contributed by atoms with E-state index >= 15 is 0 Å². The highest BCUT2D eigenvalue weighted by Crippen LogP contribution is 2.33. The van der Waals surface area contributed by atoms with E-state index in [4.69, 9.17) is 15.1 Å². The topological polar surface area (TPSA) is 113 Å². The molecular weight excluding hydrogens is 379 g/mol. The number of carboxylic acid groups (broad SMARTS) is 1. The quantitative estimate of drug-likeness (QED) is 0.359. The van der Waals surface area contributed by atoms with Crippen LogP contribution in [0, 0.1) is 25.0 Å². The van der Waals surface area contributed by atoms with Crippen molar-refractivity contribution < 1.29 is 19.6 Å². The number of nitro benzene ring substituents is 1. The van der Waals surface area contributed by atoms with Crippen molar-refractivity contribution in [3.63, 3.8) is 0 Å². The Hall–Kier alpha value is -2.15. The lowest BCUT2D eigenvalue weighted by Gasteiger charge is -2.07. The van der Waals surface area contributed by atoms with E-state index < -0.39 is 10.9 Å². The Balaban J connectivity index is 3.06. The minimum atomic E-state index is -1.09. The van der Waals surface area contributed by atoms with Crippen molar-refractivity contribution in [1.29, 1.82) is 5.26 Å². The summed E-state index contributed by atoms with van der Waals surface area (Å²) in [5.74, 6) is -1.07. The predicted molar refractivity (Wildman–Crippen MR) is 77.4 cm³/mol. The Morgan fingerprint density at radius 1 is 1.65 bits per heavy atom. The minimum Gasteiger partial charge on any atom is -0.482 e. The van der Waals surface area contributed by atoms with Crippen LogP contribution in [-0.4, -0.2) is 22.6 Å². The Morgan fingerprint density at radius 2 is 2.30 bits per heavy atom. The molecule has 0 aliphatic rings. The van der Waals surface area contributed by atoms with Crippen LogP contribution in [-0.2, 0) is 4.79 Å². The van der Waals surface area contributed by atoms with Gasteiger partial charge in [-0.1, -0.05) is 0 Å². The van der Waals surface area contributed by atoms with Crippen molar-refractivity contribution in [2.24, 2.45) is 0 Å². The number of ether oxygens (including phenoxy) is 1. The van der Waals surface area contributed by atoms with Gasteiger partial charge in [0.1, 0.15) is 6.61 Å². The summed E-state index contributed by atoms with van der Waals surface area (Å²) in [7, 11) is 0. The van der Waals surface area contributed by atoms with E-state index in [0.717, 1.165) is 6.07 Å². The van der Waals surface area contributed by atoms with Gasteiger partial charge in [0, 0.05) is 11.6 Å². The molecule has 0 saturated heterocycles. The molecule has 1 aromatic rings. The molecule has 0 aliphatic carbocycles. The molecule has 0 heterocycles. The van der Waals surface area contributed by atoms with Gasteiger partial charge < -0.3 is 9.84 Å². The number of nitriles is 1. The Kier molecular flexibility index (Phi) is 5.45. The number of rotatable bonds is 5. The second-order valence-corrected chi connectivity index (χ2v) is 4.84. The van der Waals surface area contributed by atoms with Crippen LogP contribution in [0.25, 0.3) is 0 Å². The van der Waals surface area contributed by atoms with E-state index in [9.17, 15) is 14.9 Å². The summed E-state index contributed by atoms with van der Waals surface area (Å²) < 4.78 is 5.66. The average Bonchev–Trinajstić information content (AvgIpc) is 2.39. The second kappa shape index (κ2) is 6.85. The molecule has 1 N–H and O–H groups in total. The molecule has 0 radical (unpaired) electrons. The van der Waals surface area contributed by atoms with Crippen molar-refractivity contribution in [2.45, 2.75) is 6.92 Å². The number of benzene rings is 1. The number of halogens is 1. The zero-order valence-electron chi connectivity index (χ0n) is 10.3.